The van der Waals surface area contributed by atoms with E-state index in [1.807, 2.05) is 49.4 Å². The molecule has 0 saturated heterocycles. The van der Waals surface area contributed by atoms with Crippen molar-refractivity contribution >= 4 is 23.0 Å². The van der Waals surface area contributed by atoms with Gasteiger partial charge in [-0.1, -0.05) is 30.3 Å². The van der Waals surface area contributed by atoms with Crippen molar-refractivity contribution in [3.05, 3.63) is 84.2 Å². The first-order valence-corrected chi connectivity index (χ1v) is 9.67. The van der Waals surface area contributed by atoms with Crippen LogP contribution < -0.4 is 10.1 Å². The number of para-hydroxylation sites is 1. The fourth-order valence-electron chi connectivity index (χ4n) is 3.58. The summed E-state index contributed by atoms with van der Waals surface area (Å²) in [6.45, 7) is 4.45. The van der Waals surface area contributed by atoms with Gasteiger partial charge in [0.05, 0.1) is 12.6 Å². The molecule has 0 bridgehead atoms. The third kappa shape index (κ3) is 3.69. The molecular weight excluding hydrogens is 354 g/mol. The van der Waals surface area contributed by atoms with Crippen LogP contribution in [0.3, 0.4) is 0 Å². The van der Waals surface area contributed by atoms with Gasteiger partial charge in [0.2, 0.25) is 0 Å². The first-order chi connectivity index (χ1) is 13.3. The number of nitrogens with zero attached hydrogens (tertiary/aromatic N) is 2. The topological polar surface area (TPSA) is 29.4 Å². The monoisotopic (exact) mass is 377 g/mol. The van der Waals surface area contributed by atoms with Crippen molar-refractivity contribution in [3.63, 3.8) is 0 Å². The molecule has 5 heteroatoms. The lowest BCUT2D eigenvalue weighted by molar-refractivity contribution is 0.293. The highest BCUT2D eigenvalue weighted by Gasteiger charge is 2.30. The normalized spacial score (nSPS) is 15.9. The molecule has 0 amide bonds. The van der Waals surface area contributed by atoms with Crippen LogP contribution in [0.2, 0.25) is 0 Å². The third-order valence-corrected chi connectivity index (χ3v) is 5.17. The fraction of sp³-hybridized carbons (Fsp3) is 0.227. The lowest BCUT2D eigenvalue weighted by Crippen LogP contribution is -2.44. The van der Waals surface area contributed by atoms with Crippen molar-refractivity contribution in [3.8, 4) is 5.75 Å². The molecule has 4 nitrogen and oxygen atoms in total. The molecule has 2 aromatic carbocycles. The van der Waals surface area contributed by atoms with E-state index in [2.05, 4.69) is 45.2 Å². The van der Waals surface area contributed by atoms with Gasteiger partial charge in [-0.25, -0.2) is 0 Å². The van der Waals surface area contributed by atoms with Crippen molar-refractivity contribution in [2.75, 3.05) is 18.5 Å². The molecule has 1 unspecified atom stereocenters. The number of benzene rings is 2. The van der Waals surface area contributed by atoms with Gasteiger partial charge < -0.3 is 19.5 Å². The molecule has 0 aliphatic carbocycles. The minimum absolute atomic E-state index is 0.0770. The first kappa shape index (κ1) is 17.6. The molecule has 0 radical (unpaired) electrons. The molecule has 138 valence electrons. The Hall–Kier alpha value is -2.79. The maximum atomic E-state index is 5.78. The van der Waals surface area contributed by atoms with Crippen LogP contribution in [0.5, 0.6) is 5.75 Å². The van der Waals surface area contributed by atoms with E-state index in [-0.39, 0.29) is 6.04 Å². The fourth-order valence-corrected chi connectivity index (χ4v) is 3.90. The van der Waals surface area contributed by atoms with Crippen molar-refractivity contribution < 1.29 is 4.74 Å². The number of ether oxygens (including phenoxy) is 1. The van der Waals surface area contributed by atoms with E-state index in [1.54, 1.807) is 0 Å². The summed E-state index contributed by atoms with van der Waals surface area (Å²) in [6, 6.07) is 22.8. The number of nitrogens with one attached hydrogen (secondary N) is 1. The average Bonchev–Trinajstić information content (AvgIpc) is 3.18. The van der Waals surface area contributed by atoms with Gasteiger partial charge in [-0.05, 0) is 61.1 Å². The molecule has 0 saturated carbocycles. The molecule has 1 aliphatic rings. The van der Waals surface area contributed by atoms with Gasteiger partial charge in [0, 0.05) is 30.7 Å². The predicted octanol–water partition coefficient (Wildman–Crippen LogP) is 4.69. The summed E-state index contributed by atoms with van der Waals surface area (Å²) in [7, 11) is 0. The SMILES string of the molecule is CCOc1ccc(C2c3cccn3CCN2C(=S)Nc2ccccc2)cc1. The predicted molar refractivity (Wildman–Crippen MR) is 113 cm³/mol. The molecule has 0 spiro atoms. The first-order valence-electron chi connectivity index (χ1n) is 9.26. The van der Waals surface area contributed by atoms with Gasteiger partial charge >= 0.3 is 0 Å². The Bertz CT molecular complexity index is 905. The number of aromatic nitrogens is 1. The summed E-state index contributed by atoms with van der Waals surface area (Å²) in [6.07, 6.45) is 2.14. The Morgan fingerprint density at radius 1 is 1.04 bits per heavy atom. The van der Waals surface area contributed by atoms with Gasteiger partial charge in [-0.3, -0.25) is 0 Å². The lowest BCUT2D eigenvalue weighted by Gasteiger charge is -2.39. The summed E-state index contributed by atoms with van der Waals surface area (Å²) in [5.74, 6) is 0.893. The Morgan fingerprint density at radius 3 is 2.56 bits per heavy atom. The minimum atomic E-state index is 0.0770. The van der Waals surface area contributed by atoms with Crippen molar-refractivity contribution in [2.24, 2.45) is 0 Å². The summed E-state index contributed by atoms with van der Waals surface area (Å²) >= 11 is 5.78. The molecule has 4 rings (SSSR count). The van der Waals surface area contributed by atoms with Crippen molar-refractivity contribution in [2.45, 2.75) is 19.5 Å². The second-order valence-corrected chi connectivity index (χ2v) is 6.91. The maximum Gasteiger partial charge on any atom is 0.174 e. The smallest absolute Gasteiger partial charge is 0.174 e. The largest absolute Gasteiger partial charge is 0.494 e. The van der Waals surface area contributed by atoms with Gasteiger partial charge in [0.1, 0.15) is 5.75 Å². The number of anilines is 1. The van der Waals surface area contributed by atoms with Gasteiger partial charge in [0.15, 0.2) is 5.11 Å². The van der Waals surface area contributed by atoms with Crippen molar-refractivity contribution in [1.29, 1.82) is 0 Å². The molecule has 2 heterocycles. The number of rotatable bonds is 4. The summed E-state index contributed by atoms with van der Waals surface area (Å²) in [5, 5.41) is 4.13. The van der Waals surface area contributed by atoms with Crippen LogP contribution >= 0.6 is 12.2 Å². The maximum absolute atomic E-state index is 5.78. The summed E-state index contributed by atoms with van der Waals surface area (Å²) in [5.41, 5.74) is 3.46. The van der Waals surface area contributed by atoms with E-state index < -0.39 is 0 Å². The Kier molecular flexibility index (Phi) is 5.12. The average molecular weight is 378 g/mol. The van der Waals surface area contributed by atoms with Crippen molar-refractivity contribution in [1.82, 2.24) is 9.47 Å². The van der Waals surface area contributed by atoms with E-state index in [4.69, 9.17) is 17.0 Å². The zero-order chi connectivity index (χ0) is 18.6. The Morgan fingerprint density at radius 2 is 1.81 bits per heavy atom. The highest BCUT2D eigenvalue weighted by atomic mass is 32.1. The Balaban J connectivity index is 1.64. The molecule has 3 aromatic rings. The van der Waals surface area contributed by atoms with E-state index in [0.29, 0.717) is 6.61 Å². The van der Waals surface area contributed by atoms with Gasteiger partial charge in [-0.2, -0.15) is 0 Å². The van der Waals surface area contributed by atoms with Crippen LogP contribution in [0, 0.1) is 0 Å². The third-order valence-electron chi connectivity index (χ3n) is 4.83. The van der Waals surface area contributed by atoms with Gasteiger partial charge in [0.25, 0.3) is 0 Å². The summed E-state index contributed by atoms with van der Waals surface area (Å²) < 4.78 is 7.91. The van der Waals surface area contributed by atoms with E-state index in [0.717, 1.165) is 29.6 Å². The highest BCUT2D eigenvalue weighted by Crippen LogP contribution is 2.33. The van der Waals surface area contributed by atoms with E-state index >= 15 is 0 Å². The molecule has 1 atom stereocenters. The van der Waals surface area contributed by atoms with E-state index in [9.17, 15) is 0 Å². The van der Waals surface area contributed by atoms with Crippen LogP contribution in [0.1, 0.15) is 24.2 Å². The standard InChI is InChI=1S/C22H23N3OS/c1-2-26-19-12-10-17(11-13-19)21-20-9-6-14-24(20)15-16-25(21)22(27)23-18-7-4-3-5-8-18/h3-14,21H,2,15-16H2,1H3,(H,23,27). The minimum Gasteiger partial charge on any atom is -0.494 e. The van der Waals surface area contributed by atoms with Crippen LogP contribution in [-0.4, -0.2) is 27.7 Å². The number of hydrogen-bond donors (Lipinski definition) is 1. The molecule has 1 aliphatic heterocycles. The number of fused-ring (bicyclic) bond motifs is 1. The highest BCUT2D eigenvalue weighted by molar-refractivity contribution is 7.80. The van der Waals surface area contributed by atoms with Crippen LogP contribution in [0.25, 0.3) is 0 Å². The number of hydrogen-bond acceptors (Lipinski definition) is 2. The van der Waals surface area contributed by atoms with E-state index in [1.165, 1.54) is 11.3 Å². The molecule has 1 N–H and O–H groups in total. The zero-order valence-corrected chi connectivity index (χ0v) is 16.2. The molecular formula is C22H23N3OS. The van der Waals surface area contributed by atoms with Crippen LogP contribution in [-0.2, 0) is 6.54 Å². The molecule has 27 heavy (non-hydrogen) atoms. The van der Waals surface area contributed by atoms with Gasteiger partial charge in [-0.15, -0.1) is 0 Å². The van der Waals surface area contributed by atoms with Crippen LogP contribution in [0.4, 0.5) is 5.69 Å². The number of thiocarbonyl (C=S) groups is 1. The molecule has 0 fully saturated rings. The lowest BCUT2D eigenvalue weighted by atomic mass is 10.00. The Labute approximate surface area is 165 Å². The molecule has 1 aromatic heterocycles. The zero-order valence-electron chi connectivity index (χ0n) is 15.3. The summed E-state index contributed by atoms with van der Waals surface area (Å²) in [4.78, 5) is 2.27. The second kappa shape index (κ2) is 7.84. The second-order valence-electron chi connectivity index (χ2n) is 6.52. The quantitative estimate of drug-likeness (QED) is 0.668. The van der Waals surface area contributed by atoms with Crippen LogP contribution in [0.15, 0.2) is 72.9 Å².